The molecule has 0 bridgehead atoms. The van der Waals surface area contributed by atoms with Gasteiger partial charge in [-0.25, -0.2) is 4.79 Å². The van der Waals surface area contributed by atoms with Crippen LogP contribution in [0.15, 0.2) is 30.3 Å². The van der Waals surface area contributed by atoms with Crippen molar-refractivity contribution in [1.82, 2.24) is 9.80 Å². The van der Waals surface area contributed by atoms with E-state index in [0.717, 1.165) is 31.2 Å². The van der Waals surface area contributed by atoms with Crippen molar-refractivity contribution in [3.63, 3.8) is 0 Å². The molecule has 0 spiro atoms. The van der Waals surface area contributed by atoms with Gasteiger partial charge in [0.25, 0.3) is 5.91 Å². The van der Waals surface area contributed by atoms with Crippen LogP contribution < -0.4 is 0 Å². The molecule has 0 radical (unpaired) electrons. The minimum absolute atomic E-state index is 0.0234. The van der Waals surface area contributed by atoms with Gasteiger partial charge >= 0.3 is 6.09 Å². The van der Waals surface area contributed by atoms with Gasteiger partial charge in [-0.3, -0.25) is 9.69 Å². The Bertz CT molecular complexity index is 744. The molecule has 0 unspecified atom stereocenters. The quantitative estimate of drug-likeness (QED) is 0.743. The van der Waals surface area contributed by atoms with Crippen molar-refractivity contribution in [3.05, 3.63) is 35.9 Å². The Hall–Kier alpha value is -2.08. The number of fused-ring (bicyclic) bond motifs is 1. The Morgan fingerprint density at radius 3 is 2.46 bits per heavy atom. The van der Waals surface area contributed by atoms with Crippen LogP contribution in [-0.4, -0.2) is 52.8 Å². The van der Waals surface area contributed by atoms with Crippen LogP contribution in [0.25, 0.3) is 0 Å². The number of amides is 2. The summed E-state index contributed by atoms with van der Waals surface area (Å²) in [5, 5.41) is 0. The highest BCUT2D eigenvalue weighted by atomic mass is 16.6. The van der Waals surface area contributed by atoms with E-state index in [0.29, 0.717) is 6.54 Å². The molecule has 28 heavy (non-hydrogen) atoms. The number of hydrogen-bond acceptors (Lipinski definition) is 4. The largest absolute Gasteiger partial charge is 0.444 e. The van der Waals surface area contributed by atoms with Crippen LogP contribution in [0, 0.1) is 5.92 Å². The van der Waals surface area contributed by atoms with Gasteiger partial charge in [0.2, 0.25) is 0 Å². The second kappa shape index (κ2) is 7.07. The van der Waals surface area contributed by atoms with E-state index in [4.69, 9.17) is 9.47 Å². The first kappa shape index (κ1) is 19.2. The van der Waals surface area contributed by atoms with E-state index < -0.39 is 11.1 Å². The molecule has 152 valence electrons. The van der Waals surface area contributed by atoms with Gasteiger partial charge in [0.05, 0.1) is 5.54 Å². The predicted molar refractivity (Wildman–Crippen MR) is 104 cm³/mol. The average Bonchev–Trinajstić information content (AvgIpc) is 2.97. The SMILES string of the molecule is CO[C@@]1(C2CCCCC2)C(=O)N2[C@@H]1N(C(=O)OCc1ccccc1)CC2(C)C. The number of methoxy groups -OCH3 is 1. The van der Waals surface area contributed by atoms with Crippen molar-refractivity contribution in [1.29, 1.82) is 0 Å². The van der Waals surface area contributed by atoms with Crippen LogP contribution in [0.1, 0.15) is 51.5 Å². The molecule has 1 aliphatic carbocycles. The van der Waals surface area contributed by atoms with E-state index in [1.54, 1.807) is 12.0 Å². The van der Waals surface area contributed by atoms with Crippen molar-refractivity contribution in [2.75, 3.05) is 13.7 Å². The van der Waals surface area contributed by atoms with E-state index in [1.807, 2.05) is 49.1 Å². The normalized spacial score (nSPS) is 29.4. The molecule has 1 aromatic rings. The summed E-state index contributed by atoms with van der Waals surface area (Å²) in [6.07, 6.45) is 4.59. The molecule has 2 atom stereocenters. The Morgan fingerprint density at radius 1 is 1.14 bits per heavy atom. The third kappa shape index (κ3) is 2.81. The maximum atomic E-state index is 13.3. The van der Waals surface area contributed by atoms with Crippen molar-refractivity contribution < 1.29 is 19.1 Å². The summed E-state index contributed by atoms with van der Waals surface area (Å²) in [5.41, 5.74) is -0.411. The molecule has 2 aliphatic heterocycles. The molecule has 0 N–H and O–H groups in total. The summed E-state index contributed by atoms with van der Waals surface area (Å²) in [5.74, 6) is 0.175. The Morgan fingerprint density at radius 2 is 1.82 bits per heavy atom. The van der Waals surface area contributed by atoms with Gasteiger partial charge in [0.1, 0.15) is 12.8 Å². The fraction of sp³-hybridized carbons (Fsp3) is 0.636. The number of benzene rings is 1. The number of nitrogens with zero attached hydrogens (tertiary/aromatic N) is 2. The summed E-state index contributed by atoms with van der Waals surface area (Å²) in [6.45, 7) is 4.68. The molecule has 6 heteroatoms. The van der Waals surface area contributed by atoms with Crippen molar-refractivity contribution in [2.24, 2.45) is 5.92 Å². The van der Waals surface area contributed by atoms with Crippen molar-refractivity contribution >= 4 is 12.0 Å². The van der Waals surface area contributed by atoms with Crippen LogP contribution in [0.3, 0.4) is 0 Å². The Labute approximate surface area is 166 Å². The summed E-state index contributed by atoms with van der Waals surface area (Å²) >= 11 is 0. The van der Waals surface area contributed by atoms with E-state index in [-0.39, 0.29) is 30.7 Å². The number of carbonyl (C=O) groups is 2. The van der Waals surface area contributed by atoms with Crippen LogP contribution in [0.5, 0.6) is 0 Å². The average molecular weight is 386 g/mol. The zero-order chi connectivity index (χ0) is 19.9. The smallest absolute Gasteiger partial charge is 0.411 e. The lowest BCUT2D eigenvalue weighted by Crippen LogP contribution is -2.80. The van der Waals surface area contributed by atoms with Gasteiger partial charge in [-0.15, -0.1) is 0 Å². The van der Waals surface area contributed by atoms with Gasteiger partial charge in [0.15, 0.2) is 5.60 Å². The molecule has 3 aliphatic rings. The lowest BCUT2D eigenvalue weighted by atomic mass is 9.69. The third-order valence-electron chi connectivity index (χ3n) is 6.67. The number of ether oxygens (including phenoxy) is 2. The lowest BCUT2D eigenvalue weighted by Gasteiger charge is -2.59. The first-order valence-electron chi connectivity index (χ1n) is 10.3. The molecule has 4 rings (SSSR count). The lowest BCUT2D eigenvalue weighted by molar-refractivity contribution is -0.229. The Kier molecular flexibility index (Phi) is 4.86. The second-order valence-corrected chi connectivity index (χ2v) is 8.86. The molecular weight excluding hydrogens is 356 g/mol. The number of carbonyl (C=O) groups excluding carboxylic acids is 2. The topological polar surface area (TPSA) is 59.1 Å². The van der Waals surface area contributed by atoms with Crippen molar-refractivity contribution in [3.8, 4) is 0 Å². The summed E-state index contributed by atoms with van der Waals surface area (Å²) < 4.78 is 11.5. The molecule has 1 saturated carbocycles. The predicted octanol–water partition coefficient (Wildman–Crippen LogP) is 3.55. The first-order chi connectivity index (χ1) is 13.4. The summed E-state index contributed by atoms with van der Waals surface area (Å²) in [4.78, 5) is 29.8. The van der Waals surface area contributed by atoms with Crippen LogP contribution in [0.4, 0.5) is 4.79 Å². The van der Waals surface area contributed by atoms with E-state index >= 15 is 0 Å². The van der Waals surface area contributed by atoms with Gasteiger partial charge in [-0.1, -0.05) is 49.6 Å². The Balaban J connectivity index is 1.57. The highest BCUT2D eigenvalue weighted by Gasteiger charge is 2.74. The molecular formula is C22H30N2O4. The van der Waals surface area contributed by atoms with Crippen LogP contribution in [0.2, 0.25) is 0 Å². The molecule has 6 nitrogen and oxygen atoms in total. The zero-order valence-corrected chi connectivity index (χ0v) is 17.0. The van der Waals surface area contributed by atoms with Gasteiger partial charge in [-0.2, -0.15) is 0 Å². The number of β-lactam (4-membered cyclic amide) rings is 1. The maximum absolute atomic E-state index is 13.3. The molecule has 1 aromatic carbocycles. The number of hydrogen-bond donors (Lipinski definition) is 0. The minimum atomic E-state index is -0.931. The van der Waals surface area contributed by atoms with E-state index in [2.05, 4.69) is 0 Å². The van der Waals surface area contributed by atoms with Crippen molar-refractivity contribution in [2.45, 2.75) is 69.9 Å². The van der Waals surface area contributed by atoms with E-state index in [9.17, 15) is 9.59 Å². The third-order valence-corrected chi connectivity index (χ3v) is 6.67. The standard InChI is InChI=1S/C22H30N2O4/c1-21(2)15-23(20(26)28-14-16-10-6-4-7-11-16)18-22(27-3,19(25)24(18)21)17-12-8-5-9-13-17/h4,6-7,10-11,17-18H,5,8-9,12-15H2,1-3H3/t18-,22+/m0/s1. The minimum Gasteiger partial charge on any atom is -0.444 e. The van der Waals surface area contributed by atoms with E-state index in [1.165, 1.54) is 6.42 Å². The highest BCUT2D eigenvalue weighted by molar-refractivity contribution is 5.96. The number of rotatable bonds is 4. The van der Waals surface area contributed by atoms with Gasteiger partial charge in [-0.05, 0) is 32.3 Å². The van der Waals surface area contributed by atoms with Gasteiger partial charge < -0.3 is 14.4 Å². The first-order valence-corrected chi connectivity index (χ1v) is 10.3. The monoisotopic (exact) mass is 386 g/mol. The summed E-state index contributed by atoms with van der Waals surface area (Å²) in [6, 6.07) is 9.65. The fourth-order valence-electron chi connectivity index (χ4n) is 5.33. The highest BCUT2D eigenvalue weighted by Crippen LogP contribution is 2.53. The second-order valence-electron chi connectivity index (χ2n) is 8.86. The van der Waals surface area contributed by atoms with Crippen LogP contribution >= 0.6 is 0 Å². The molecule has 2 heterocycles. The molecule has 3 fully saturated rings. The zero-order valence-electron chi connectivity index (χ0n) is 17.0. The van der Waals surface area contributed by atoms with Gasteiger partial charge in [0, 0.05) is 19.6 Å². The maximum Gasteiger partial charge on any atom is 0.411 e. The molecule has 0 aromatic heterocycles. The fourth-order valence-corrected chi connectivity index (χ4v) is 5.33. The molecule has 2 saturated heterocycles. The molecule has 2 amide bonds. The summed E-state index contributed by atoms with van der Waals surface area (Å²) in [7, 11) is 1.61. The van der Waals surface area contributed by atoms with Crippen LogP contribution in [-0.2, 0) is 20.9 Å².